The van der Waals surface area contributed by atoms with Crippen molar-refractivity contribution in [2.75, 3.05) is 11.9 Å². The number of benzene rings is 3. The Morgan fingerprint density at radius 2 is 1.61 bits per heavy atom. The van der Waals surface area contributed by atoms with Gasteiger partial charge in [-0.3, -0.25) is 0 Å². The summed E-state index contributed by atoms with van der Waals surface area (Å²) in [4.78, 5) is 0. The average Bonchev–Trinajstić information content (AvgIpc) is 2.68. The molecule has 146 valence electrons. The summed E-state index contributed by atoms with van der Waals surface area (Å²) >= 11 is 12.4. The standard InChI is InChI=1S/C22H20Cl2FNO2/c1-2-27-22-12-15(13-26-17-9-7-16(25)8-10-17)6-11-21(22)28-14-18-19(23)4-3-5-20(18)24/h3-12,26H,2,13-14H2,1H3. The zero-order chi connectivity index (χ0) is 19.9. The molecule has 0 radical (unpaired) electrons. The van der Waals surface area contributed by atoms with Gasteiger partial charge in [-0.1, -0.05) is 35.3 Å². The molecule has 0 atom stereocenters. The van der Waals surface area contributed by atoms with Gasteiger partial charge in [-0.25, -0.2) is 4.39 Å². The fraction of sp³-hybridized carbons (Fsp3) is 0.182. The lowest BCUT2D eigenvalue weighted by atomic mass is 10.2. The molecule has 0 saturated heterocycles. The molecule has 1 N–H and O–H groups in total. The van der Waals surface area contributed by atoms with E-state index in [4.69, 9.17) is 32.7 Å². The maximum Gasteiger partial charge on any atom is 0.161 e. The van der Waals surface area contributed by atoms with Gasteiger partial charge < -0.3 is 14.8 Å². The molecular formula is C22H20Cl2FNO2. The molecule has 0 aliphatic heterocycles. The second kappa shape index (κ2) is 9.67. The lowest BCUT2D eigenvalue weighted by Crippen LogP contribution is -2.03. The van der Waals surface area contributed by atoms with Crippen molar-refractivity contribution in [1.29, 1.82) is 0 Å². The van der Waals surface area contributed by atoms with E-state index >= 15 is 0 Å². The van der Waals surface area contributed by atoms with Crippen LogP contribution in [-0.2, 0) is 13.2 Å². The Balaban J connectivity index is 1.70. The van der Waals surface area contributed by atoms with Crippen LogP contribution in [0.1, 0.15) is 18.1 Å². The predicted octanol–water partition coefficient (Wildman–Crippen LogP) is 6.72. The van der Waals surface area contributed by atoms with Crippen LogP contribution in [0.5, 0.6) is 11.5 Å². The summed E-state index contributed by atoms with van der Waals surface area (Å²) in [5.74, 6) is 0.997. The van der Waals surface area contributed by atoms with Crippen LogP contribution in [0.3, 0.4) is 0 Å². The van der Waals surface area contributed by atoms with Gasteiger partial charge in [0, 0.05) is 27.8 Å². The molecule has 3 aromatic carbocycles. The van der Waals surface area contributed by atoms with Crippen molar-refractivity contribution in [3.8, 4) is 11.5 Å². The van der Waals surface area contributed by atoms with Crippen LogP contribution in [0.2, 0.25) is 10.0 Å². The van der Waals surface area contributed by atoms with Gasteiger partial charge in [0.25, 0.3) is 0 Å². The molecule has 0 amide bonds. The number of rotatable bonds is 8. The number of halogens is 3. The highest BCUT2D eigenvalue weighted by molar-refractivity contribution is 6.35. The summed E-state index contributed by atoms with van der Waals surface area (Å²) in [5.41, 5.74) is 2.58. The van der Waals surface area contributed by atoms with Crippen molar-refractivity contribution in [2.24, 2.45) is 0 Å². The summed E-state index contributed by atoms with van der Waals surface area (Å²) in [6, 6.07) is 17.3. The third-order valence-corrected chi connectivity index (χ3v) is 4.79. The van der Waals surface area contributed by atoms with Crippen molar-refractivity contribution in [1.82, 2.24) is 0 Å². The van der Waals surface area contributed by atoms with E-state index in [1.54, 1.807) is 30.3 Å². The lowest BCUT2D eigenvalue weighted by molar-refractivity contribution is 0.269. The van der Waals surface area contributed by atoms with Crippen molar-refractivity contribution in [3.05, 3.63) is 87.7 Å². The van der Waals surface area contributed by atoms with Gasteiger partial charge in [-0.2, -0.15) is 0 Å². The number of nitrogens with one attached hydrogen (secondary N) is 1. The smallest absolute Gasteiger partial charge is 0.161 e. The molecule has 0 heterocycles. The maximum atomic E-state index is 13.0. The summed E-state index contributed by atoms with van der Waals surface area (Å²) in [6.45, 7) is 3.24. The number of ether oxygens (including phenoxy) is 2. The van der Waals surface area contributed by atoms with E-state index in [0.29, 0.717) is 34.7 Å². The number of anilines is 1. The second-order valence-corrected chi connectivity index (χ2v) is 6.88. The van der Waals surface area contributed by atoms with E-state index in [0.717, 1.165) is 16.8 Å². The molecule has 0 saturated carbocycles. The monoisotopic (exact) mass is 419 g/mol. The van der Waals surface area contributed by atoms with Crippen molar-refractivity contribution < 1.29 is 13.9 Å². The quantitative estimate of drug-likeness (QED) is 0.439. The van der Waals surface area contributed by atoms with Crippen LogP contribution in [0.4, 0.5) is 10.1 Å². The predicted molar refractivity (Wildman–Crippen MR) is 112 cm³/mol. The van der Waals surface area contributed by atoms with Crippen LogP contribution in [-0.4, -0.2) is 6.61 Å². The van der Waals surface area contributed by atoms with Gasteiger partial charge in [0.1, 0.15) is 12.4 Å². The molecule has 3 rings (SSSR count). The van der Waals surface area contributed by atoms with Crippen molar-refractivity contribution in [3.63, 3.8) is 0 Å². The first kappa shape index (κ1) is 20.3. The summed E-state index contributed by atoms with van der Waals surface area (Å²) < 4.78 is 24.6. The first-order chi connectivity index (χ1) is 13.6. The largest absolute Gasteiger partial charge is 0.490 e. The van der Waals surface area contributed by atoms with Gasteiger partial charge >= 0.3 is 0 Å². The van der Waals surface area contributed by atoms with Gasteiger partial charge in [0.05, 0.1) is 6.61 Å². The zero-order valence-electron chi connectivity index (χ0n) is 15.3. The summed E-state index contributed by atoms with van der Waals surface area (Å²) in [7, 11) is 0. The highest BCUT2D eigenvalue weighted by Crippen LogP contribution is 2.32. The van der Waals surface area contributed by atoms with Gasteiger partial charge in [0.15, 0.2) is 11.5 Å². The highest BCUT2D eigenvalue weighted by atomic mass is 35.5. The van der Waals surface area contributed by atoms with Crippen molar-refractivity contribution >= 4 is 28.9 Å². The maximum absolute atomic E-state index is 13.0. The fourth-order valence-electron chi connectivity index (χ4n) is 2.64. The molecule has 0 aliphatic rings. The molecular weight excluding hydrogens is 400 g/mol. The zero-order valence-corrected chi connectivity index (χ0v) is 16.9. The minimum absolute atomic E-state index is 0.242. The van der Waals surface area contributed by atoms with Gasteiger partial charge in [-0.15, -0.1) is 0 Å². The molecule has 3 nitrogen and oxygen atoms in total. The van der Waals surface area contributed by atoms with Gasteiger partial charge in [0.2, 0.25) is 0 Å². The Hall–Kier alpha value is -2.43. The Bertz CT molecular complexity index is 912. The Kier molecular flexibility index (Phi) is 7.01. The molecule has 0 bridgehead atoms. The molecule has 0 unspecified atom stereocenters. The molecule has 0 aromatic heterocycles. The van der Waals surface area contributed by atoms with E-state index < -0.39 is 0 Å². The summed E-state index contributed by atoms with van der Waals surface area (Å²) in [6.07, 6.45) is 0. The topological polar surface area (TPSA) is 30.5 Å². The first-order valence-corrected chi connectivity index (χ1v) is 9.63. The second-order valence-electron chi connectivity index (χ2n) is 6.06. The summed E-state index contributed by atoms with van der Waals surface area (Å²) in [5, 5.41) is 4.37. The van der Waals surface area contributed by atoms with Crippen molar-refractivity contribution in [2.45, 2.75) is 20.1 Å². The minimum Gasteiger partial charge on any atom is -0.490 e. The molecule has 0 spiro atoms. The molecule has 28 heavy (non-hydrogen) atoms. The third-order valence-electron chi connectivity index (χ3n) is 4.08. The molecule has 0 fully saturated rings. The van der Waals surface area contributed by atoms with Crippen LogP contribution < -0.4 is 14.8 Å². The van der Waals surface area contributed by atoms with Gasteiger partial charge in [-0.05, 0) is 61.0 Å². The van der Waals surface area contributed by atoms with E-state index in [1.165, 1.54) is 12.1 Å². The third kappa shape index (κ3) is 5.31. The Morgan fingerprint density at radius 1 is 0.893 bits per heavy atom. The molecule has 0 aliphatic carbocycles. The van der Waals surface area contributed by atoms with E-state index in [-0.39, 0.29) is 12.4 Å². The number of hydrogen-bond acceptors (Lipinski definition) is 3. The lowest BCUT2D eigenvalue weighted by Gasteiger charge is -2.15. The van der Waals surface area contributed by atoms with E-state index in [1.807, 2.05) is 25.1 Å². The van der Waals surface area contributed by atoms with Crippen LogP contribution >= 0.6 is 23.2 Å². The molecule has 6 heteroatoms. The number of hydrogen-bond donors (Lipinski definition) is 1. The SMILES string of the molecule is CCOc1cc(CNc2ccc(F)cc2)ccc1OCc1c(Cl)cccc1Cl. The average molecular weight is 420 g/mol. The normalized spacial score (nSPS) is 10.6. The molecule has 3 aromatic rings. The Morgan fingerprint density at radius 3 is 2.29 bits per heavy atom. The first-order valence-electron chi connectivity index (χ1n) is 8.87. The van der Waals surface area contributed by atoms with E-state index in [2.05, 4.69) is 5.32 Å². The van der Waals surface area contributed by atoms with E-state index in [9.17, 15) is 4.39 Å². The van der Waals surface area contributed by atoms with Crippen LogP contribution in [0.15, 0.2) is 60.7 Å². The Labute approximate surface area is 174 Å². The fourth-order valence-corrected chi connectivity index (χ4v) is 3.15. The highest BCUT2D eigenvalue weighted by Gasteiger charge is 2.10. The van der Waals surface area contributed by atoms with Crippen LogP contribution in [0.25, 0.3) is 0 Å². The minimum atomic E-state index is -0.260. The van der Waals surface area contributed by atoms with Crippen LogP contribution in [0, 0.1) is 5.82 Å².